The molecule has 0 amide bonds. The lowest BCUT2D eigenvalue weighted by Crippen LogP contribution is -2.10. The molecule has 11 rings (SSSR count). The lowest BCUT2D eigenvalue weighted by atomic mass is 9.96. The van der Waals surface area contributed by atoms with E-state index in [1.54, 1.807) is 0 Å². The molecule has 2 aromatic heterocycles. The maximum Gasteiger partial charge on any atom is 0.167 e. The fraction of sp³-hybridized carbons (Fsp3) is 0.0351. The van der Waals surface area contributed by atoms with E-state index in [0.717, 1.165) is 79.7 Å². The molecule has 5 heteroatoms. The average Bonchev–Trinajstić information content (AvgIpc) is 3.75. The molecule has 0 radical (unpaired) electrons. The standard InChI is InChI=1S/C57H40N4O/c1-5-16-39(17-6-1)41-28-32-46(33-29-41)61(47-34-30-42(31-35-47)40-18-7-2-8-19-40)48-25-15-24-45(38-48)49-36-37-51(54-53(49)50-26-13-14-27-52(50)62-54)57-59-55(43-20-9-3-10-21-43)58-56(60-57)44-22-11-4-12-23-44/h1-11,13-22,24-38H,12,23H2. The Morgan fingerprint density at radius 2 is 0.968 bits per heavy atom. The Morgan fingerprint density at radius 1 is 0.419 bits per heavy atom. The number of para-hydroxylation sites is 1. The van der Waals surface area contributed by atoms with E-state index in [9.17, 15) is 0 Å². The van der Waals surface area contributed by atoms with Gasteiger partial charge in [0.25, 0.3) is 0 Å². The zero-order valence-corrected chi connectivity index (χ0v) is 33.9. The van der Waals surface area contributed by atoms with Crippen molar-refractivity contribution in [3.63, 3.8) is 0 Å². The quantitative estimate of drug-likeness (QED) is 0.146. The van der Waals surface area contributed by atoms with E-state index in [4.69, 9.17) is 19.4 Å². The number of furan rings is 1. The number of allylic oxidation sites excluding steroid dienone is 4. The maximum absolute atomic E-state index is 6.81. The summed E-state index contributed by atoms with van der Waals surface area (Å²) >= 11 is 0. The van der Waals surface area contributed by atoms with Gasteiger partial charge in [0, 0.05) is 33.4 Å². The van der Waals surface area contributed by atoms with Gasteiger partial charge in [-0.05, 0) is 100 Å². The van der Waals surface area contributed by atoms with Gasteiger partial charge in [-0.15, -0.1) is 0 Å². The minimum atomic E-state index is 0.581. The number of fused-ring (bicyclic) bond motifs is 3. The molecule has 5 nitrogen and oxygen atoms in total. The Morgan fingerprint density at radius 3 is 1.61 bits per heavy atom. The molecule has 0 N–H and O–H groups in total. The Balaban J connectivity index is 1.06. The molecule has 0 spiro atoms. The zero-order chi connectivity index (χ0) is 41.2. The summed E-state index contributed by atoms with van der Waals surface area (Å²) in [6.07, 6.45) is 8.20. The number of hydrogen-bond acceptors (Lipinski definition) is 5. The van der Waals surface area contributed by atoms with Gasteiger partial charge in [0.2, 0.25) is 0 Å². The number of hydrogen-bond donors (Lipinski definition) is 0. The summed E-state index contributed by atoms with van der Waals surface area (Å²) in [6, 6.07) is 70.2. The van der Waals surface area contributed by atoms with Gasteiger partial charge in [-0.2, -0.15) is 0 Å². The number of rotatable bonds is 9. The number of anilines is 3. The molecule has 0 bridgehead atoms. The first-order valence-electron chi connectivity index (χ1n) is 21.1. The summed E-state index contributed by atoms with van der Waals surface area (Å²) in [4.78, 5) is 17.6. The van der Waals surface area contributed by atoms with Crippen molar-refractivity contribution in [2.24, 2.45) is 0 Å². The highest BCUT2D eigenvalue weighted by Gasteiger charge is 2.22. The molecule has 0 saturated carbocycles. The van der Waals surface area contributed by atoms with Gasteiger partial charge >= 0.3 is 0 Å². The van der Waals surface area contributed by atoms with Crippen LogP contribution in [0.3, 0.4) is 0 Å². The molecule has 0 saturated heterocycles. The average molecular weight is 797 g/mol. The van der Waals surface area contributed by atoms with Crippen LogP contribution in [0.1, 0.15) is 18.7 Å². The Hall–Kier alpha value is -8.15. The highest BCUT2D eigenvalue weighted by Crippen LogP contribution is 2.44. The predicted molar refractivity (Wildman–Crippen MR) is 255 cm³/mol. The molecular formula is C57H40N4O. The molecule has 0 fully saturated rings. The second kappa shape index (κ2) is 16.1. The molecule has 0 atom stereocenters. The summed E-state index contributed by atoms with van der Waals surface area (Å²) in [6.45, 7) is 0. The maximum atomic E-state index is 6.81. The van der Waals surface area contributed by atoms with Crippen LogP contribution in [0.15, 0.2) is 223 Å². The van der Waals surface area contributed by atoms with Gasteiger partial charge in [-0.1, -0.05) is 170 Å². The highest BCUT2D eigenvalue weighted by atomic mass is 16.3. The molecule has 62 heavy (non-hydrogen) atoms. The third-order valence-electron chi connectivity index (χ3n) is 11.6. The van der Waals surface area contributed by atoms with Crippen molar-refractivity contribution in [1.29, 1.82) is 0 Å². The number of nitrogens with zero attached hydrogens (tertiary/aromatic N) is 4. The molecule has 2 heterocycles. The SMILES string of the molecule is C1=CCCC(c2nc(-c3ccccc3)nc(-c3ccc(-c4cccc(N(c5ccc(-c6ccccc6)cc5)c5ccc(-c6ccccc6)cc5)c4)c4c3oc3ccccc34)n2)=C1. The topological polar surface area (TPSA) is 55.1 Å². The first kappa shape index (κ1) is 36.9. The van der Waals surface area contributed by atoms with E-state index in [1.807, 2.05) is 42.5 Å². The molecule has 10 aromatic rings. The van der Waals surface area contributed by atoms with Crippen LogP contribution in [0.2, 0.25) is 0 Å². The van der Waals surface area contributed by atoms with E-state index >= 15 is 0 Å². The van der Waals surface area contributed by atoms with Crippen LogP contribution >= 0.6 is 0 Å². The van der Waals surface area contributed by atoms with Gasteiger partial charge in [0.15, 0.2) is 17.5 Å². The highest BCUT2D eigenvalue weighted by molar-refractivity contribution is 6.16. The van der Waals surface area contributed by atoms with E-state index in [2.05, 4.69) is 181 Å². The van der Waals surface area contributed by atoms with E-state index in [-0.39, 0.29) is 0 Å². The van der Waals surface area contributed by atoms with Gasteiger partial charge in [-0.3, -0.25) is 0 Å². The van der Waals surface area contributed by atoms with Crippen molar-refractivity contribution < 1.29 is 4.42 Å². The van der Waals surface area contributed by atoms with Gasteiger partial charge in [0.05, 0.1) is 5.56 Å². The predicted octanol–water partition coefficient (Wildman–Crippen LogP) is 15.3. The van der Waals surface area contributed by atoms with Gasteiger partial charge < -0.3 is 9.32 Å². The summed E-state index contributed by atoms with van der Waals surface area (Å²) in [5, 5.41) is 2.05. The van der Waals surface area contributed by atoms with Crippen molar-refractivity contribution in [2.45, 2.75) is 12.8 Å². The van der Waals surface area contributed by atoms with Gasteiger partial charge in [0.1, 0.15) is 11.2 Å². The molecular weight excluding hydrogens is 757 g/mol. The fourth-order valence-corrected chi connectivity index (χ4v) is 8.52. The molecule has 0 aliphatic heterocycles. The minimum absolute atomic E-state index is 0.581. The Kier molecular flexibility index (Phi) is 9.60. The lowest BCUT2D eigenvalue weighted by molar-refractivity contribution is 0.669. The molecule has 0 unspecified atom stereocenters. The van der Waals surface area contributed by atoms with Crippen LogP contribution in [0.5, 0.6) is 0 Å². The molecule has 1 aliphatic carbocycles. The number of aromatic nitrogens is 3. The second-order valence-electron chi connectivity index (χ2n) is 15.5. The summed E-state index contributed by atoms with van der Waals surface area (Å²) < 4.78 is 6.81. The third kappa shape index (κ3) is 7.06. The largest absolute Gasteiger partial charge is 0.455 e. The molecule has 1 aliphatic rings. The van der Waals surface area contributed by atoms with E-state index in [1.165, 1.54) is 22.3 Å². The van der Waals surface area contributed by atoms with Crippen molar-refractivity contribution in [3.05, 3.63) is 224 Å². The van der Waals surface area contributed by atoms with Crippen molar-refractivity contribution in [2.75, 3.05) is 4.90 Å². The number of benzene rings is 8. The Bertz CT molecular complexity index is 3180. The van der Waals surface area contributed by atoms with Crippen molar-refractivity contribution >= 4 is 44.6 Å². The normalized spacial score (nSPS) is 12.4. The van der Waals surface area contributed by atoms with Crippen LogP contribution in [-0.4, -0.2) is 15.0 Å². The van der Waals surface area contributed by atoms with Crippen LogP contribution in [0.25, 0.3) is 83.7 Å². The van der Waals surface area contributed by atoms with Crippen LogP contribution in [-0.2, 0) is 0 Å². The van der Waals surface area contributed by atoms with E-state index < -0.39 is 0 Å². The monoisotopic (exact) mass is 796 g/mol. The summed E-state index contributed by atoms with van der Waals surface area (Å²) in [5.74, 6) is 1.90. The Labute approximate surface area is 360 Å². The summed E-state index contributed by atoms with van der Waals surface area (Å²) in [5.41, 5.74) is 14.4. The van der Waals surface area contributed by atoms with Crippen LogP contribution in [0, 0.1) is 0 Å². The van der Waals surface area contributed by atoms with E-state index in [0.29, 0.717) is 17.5 Å². The van der Waals surface area contributed by atoms with Gasteiger partial charge in [-0.25, -0.2) is 15.0 Å². The fourth-order valence-electron chi connectivity index (χ4n) is 8.52. The first-order chi connectivity index (χ1) is 30.7. The van der Waals surface area contributed by atoms with Crippen LogP contribution < -0.4 is 4.90 Å². The van der Waals surface area contributed by atoms with Crippen LogP contribution in [0.4, 0.5) is 17.1 Å². The first-order valence-corrected chi connectivity index (χ1v) is 21.1. The molecule has 8 aromatic carbocycles. The molecule has 294 valence electrons. The smallest absolute Gasteiger partial charge is 0.167 e. The van der Waals surface area contributed by atoms with Crippen molar-refractivity contribution in [1.82, 2.24) is 15.0 Å². The zero-order valence-electron chi connectivity index (χ0n) is 33.9. The summed E-state index contributed by atoms with van der Waals surface area (Å²) in [7, 11) is 0. The minimum Gasteiger partial charge on any atom is -0.455 e. The van der Waals surface area contributed by atoms with Crippen molar-refractivity contribution in [3.8, 4) is 56.2 Å². The second-order valence-corrected chi connectivity index (χ2v) is 15.5. The lowest BCUT2D eigenvalue weighted by Gasteiger charge is -2.26. The third-order valence-corrected chi connectivity index (χ3v) is 11.6.